The summed E-state index contributed by atoms with van der Waals surface area (Å²) in [6.45, 7) is 5.47. The number of aromatic amines is 1. The molecule has 132 valence electrons. The summed E-state index contributed by atoms with van der Waals surface area (Å²) in [5.74, 6) is 1.09. The number of fused-ring (bicyclic) bond motifs is 2. The average molecular weight is 363 g/mol. The standard InChI is InChI=1S/C21H22N4S/c1-2-5-18-17(4-1)22-21(23-18)8-10-24-11-13-25(14-12-24)19-6-3-7-20-16(19)9-15-26-20/h1-7,9,15H,8,10-14H2,(H,22,23). The van der Waals surface area contributed by atoms with Crippen molar-refractivity contribution in [3.05, 3.63) is 59.7 Å². The van der Waals surface area contributed by atoms with Gasteiger partial charge in [0.15, 0.2) is 0 Å². The van der Waals surface area contributed by atoms with Gasteiger partial charge in [-0.3, -0.25) is 4.90 Å². The van der Waals surface area contributed by atoms with E-state index in [4.69, 9.17) is 4.98 Å². The van der Waals surface area contributed by atoms with Crippen molar-refractivity contribution in [1.29, 1.82) is 0 Å². The van der Waals surface area contributed by atoms with Gasteiger partial charge < -0.3 is 9.88 Å². The number of nitrogens with zero attached hydrogens (tertiary/aromatic N) is 3. The predicted molar refractivity (Wildman–Crippen MR) is 110 cm³/mol. The van der Waals surface area contributed by atoms with Crippen molar-refractivity contribution in [2.75, 3.05) is 37.6 Å². The Balaban J connectivity index is 1.21. The molecular weight excluding hydrogens is 340 g/mol. The minimum atomic E-state index is 0.981. The Bertz CT molecular complexity index is 994. The van der Waals surface area contributed by atoms with Gasteiger partial charge in [-0.15, -0.1) is 11.3 Å². The summed E-state index contributed by atoms with van der Waals surface area (Å²) in [5, 5.41) is 3.59. The number of nitrogens with one attached hydrogen (secondary N) is 1. The van der Waals surface area contributed by atoms with E-state index in [2.05, 4.69) is 62.6 Å². The van der Waals surface area contributed by atoms with Crippen LogP contribution in [0.25, 0.3) is 21.1 Å². The van der Waals surface area contributed by atoms with Gasteiger partial charge in [0.25, 0.3) is 0 Å². The maximum Gasteiger partial charge on any atom is 0.108 e. The maximum absolute atomic E-state index is 4.70. The SMILES string of the molecule is c1ccc2[nH]c(CCN3CCN(c4cccc5sccc45)CC3)nc2c1. The maximum atomic E-state index is 4.70. The number of imidazole rings is 1. The van der Waals surface area contributed by atoms with E-state index in [1.54, 1.807) is 0 Å². The van der Waals surface area contributed by atoms with Crippen LogP contribution in [0.4, 0.5) is 5.69 Å². The first-order chi connectivity index (χ1) is 12.9. The van der Waals surface area contributed by atoms with Crippen LogP contribution < -0.4 is 4.90 Å². The minimum Gasteiger partial charge on any atom is -0.368 e. The third-order valence-electron chi connectivity index (χ3n) is 5.29. The second-order valence-electron chi connectivity index (χ2n) is 6.89. The monoisotopic (exact) mass is 362 g/mol. The number of benzene rings is 2. The summed E-state index contributed by atoms with van der Waals surface area (Å²) in [6.07, 6.45) is 0.981. The molecule has 1 aliphatic rings. The van der Waals surface area contributed by atoms with Crippen molar-refractivity contribution in [3.63, 3.8) is 0 Å². The molecule has 1 saturated heterocycles. The summed E-state index contributed by atoms with van der Waals surface area (Å²) in [4.78, 5) is 13.2. The van der Waals surface area contributed by atoms with Gasteiger partial charge in [0.2, 0.25) is 0 Å². The molecule has 5 heteroatoms. The molecule has 0 spiro atoms. The van der Waals surface area contributed by atoms with E-state index in [1.165, 1.54) is 15.8 Å². The molecule has 1 N–H and O–H groups in total. The Hall–Kier alpha value is -2.37. The van der Waals surface area contributed by atoms with E-state index in [0.29, 0.717) is 0 Å². The van der Waals surface area contributed by atoms with Crippen LogP contribution in [0.3, 0.4) is 0 Å². The van der Waals surface area contributed by atoms with Crippen LogP contribution in [-0.4, -0.2) is 47.6 Å². The van der Waals surface area contributed by atoms with Crippen LogP contribution in [0.1, 0.15) is 5.82 Å². The third-order valence-corrected chi connectivity index (χ3v) is 6.17. The third kappa shape index (κ3) is 2.97. The number of para-hydroxylation sites is 2. The normalized spacial score (nSPS) is 15.9. The Kier molecular flexibility index (Phi) is 4.11. The van der Waals surface area contributed by atoms with E-state index < -0.39 is 0 Å². The molecule has 5 rings (SSSR count). The van der Waals surface area contributed by atoms with Crippen molar-refractivity contribution in [2.24, 2.45) is 0 Å². The number of rotatable bonds is 4. The summed E-state index contributed by atoms with van der Waals surface area (Å²) >= 11 is 1.83. The zero-order valence-corrected chi connectivity index (χ0v) is 15.5. The molecular formula is C21H22N4S. The molecule has 0 bridgehead atoms. The van der Waals surface area contributed by atoms with Crippen LogP contribution in [0.15, 0.2) is 53.9 Å². The molecule has 3 heterocycles. The summed E-state index contributed by atoms with van der Waals surface area (Å²) in [6, 6.07) is 17.2. The fraction of sp³-hybridized carbons (Fsp3) is 0.286. The van der Waals surface area contributed by atoms with Crippen LogP contribution in [0.2, 0.25) is 0 Å². The van der Waals surface area contributed by atoms with Crippen molar-refractivity contribution in [1.82, 2.24) is 14.9 Å². The zero-order chi connectivity index (χ0) is 17.3. The molecule has 26 heavy (non-hydrogen) atoms. The van der Waals surface area contributed by atoms with E-state index in [0.717, 1.165) is 56.0 Å². The molecule has 1 aliphatic heterocycles. The molecule has 0 aliphatic carbocycles. The molecule has 4 nitrogen and oxygen atoms in total. The molecule has 0 amide bonds. The predicted octanol–water partition coefficient (Wildman–Crippen LogP) is 4.14. The van der Waals surface area contributed by atoms with Crippen LogP contribution >= 0.6 is 11.3 Å². The molecule has 0 unspecified atom stereocenters. The topological polar surface area (TPSA) is 35.2 Å². The van der Waals surface area contributed by atoms with E-state index >= 15 is 0 Å². The lowest BCUT2D eigenvalue weighted by Gasteiger charge is -2.36. The van der Waals surface area contributed by atoms with Gasteiger partial charge in [-0.05, 0) is 35.7 Å². The minimum absolute atomic E-state index is 0.981. The molecule has 2 aromatic heterocycles. The second-order valence-corrected chi connectivity index (χ2v) is 7.84. The van der Waals surface area contributed by atoms with Gasteiger partial charge in [0, 0.05) is 54.9 Å². The van der Waals surface area contributed by atoms with Gasteiger partial charge in [0.05, 0.1) is 11.0 Å². The van der Waals surface area contributed by atoms with Crippen molar-refractivity contribution < 1.29 is 0 Å². The number of hydrogen-bond acceptors (Lipinski definition) is 4. The highest BCUT2D eigenvalue weighted by molar-refractivity contribution is 7.17. The number of H-pyrrole nitrogens is 1. The lowest BCUT2D eigenvalue weighted by atomic mass is 10.2. The fourth-order valence-corrected chi connectivity index (χ4v) is 4.66. The molecule has 4 aromatic rings. The van der Waals surface area contributed by atoms with Gasteiger partial charge in [-0.2, -0.15) is 0 Å². The number of thiophene rings is 1. The summed E-state index contributed by atoms with van der Waals surface area (Å²) in [7, 11) is 0. The number of anilines is 1. The number of hydrogen-bond donors (Lipinski definition) is 1. The average Bonchev–Trinajstić information content (AvgIpc) is 3.33. The number of aromatic nitrogens is 2. The lowest BCUT2D eigenvalue weighted by molar-refractivity contribution is 0.260. The quantitative estimate of drug-likeness (QED) is 0.592. The second kappa shape index (κ2) is 6.74. The zero-order valence-electron chi connectivity index (χ0n) is 14.7. The van der Waals surface area contributed by atoms with Crippen molar-refractivity contribution in [2.45, 2.75) is 6.42 Å². The number of piperazine rings is 1. The van der Waals surface area contributed by atoms with E-state index in [-0.39, 0.29) is 0 Å². The first-order valence-corrected chi connectivity index (χ1v) is 10.1. The smallest absolute Gasteiger partial charge is 0.108 e. The first kappa shape index (κ1) is 15.9. The lowest BCUT2D eigenvalue weighted by Crippen LogP contribution is -2.47. The molecule has 0 saturated carbocycles. The molecule has 2 aromatic carbocycles. The Morgan fingerprint density at radius 1 is 0.962 bits per heavy atom. The van der Waals surface area contributed by atoms with Crippen LogP contribution in [0.5, 0.6) is 0 Å². The highest BCUT2D eigenvalue weighted by Gasteiger charge is 2.19. The first-order valence-electron chi connectivity index (χ1n) is 9.24. The molecule has 0 atom stereocenters. The van der Waals surface area contributed by atoms with E-state index in [9.17, 15) is 0 Å². The Morgan fingerprint density at radius 3 is 2.73 bits per heavy atom. The van der Waals surface area contributed by atoms with Gasteiger partial charge in [0.1, 0.15) is 5.82 Å². The fourth-order valence-electron chi connectivity index (χ4n) is 3.85. The molecule has 1 fully saturated rings. The Morgan fingerprint density at radius 2 is 1.85 bits per heavy atom. The Labute approximate surface area is 157 Å². The summed E-state index contributed by atoms with van der Waals surface area (Å²) in [5.41, 5.74) is 3.59. The van der Waals surface area contributed by atoms with E-state index in [1.807, 2.05) is 17.4 Å². The molecule has 0 radical (unpaired) electrons. The van der Waals surface area contributed by atoms with Crippen LogP contribution in [0, 0.1) is 0 Å². The van der Waals surface area contributed by atoms with Crippen LogP contribution in [-0.2, 0) is 6.42 Å². The van der Waals surface area contributed by atoms with Crippen molar-refractivity contribution >= 4 is 38.1 Å². The summed E-state index contributed by atoms with van der Waals surface area (Å²) < 4.78 is 1.38. The van der Waals surface area contributed by atoms with Gasteiger partial charge in [-0.1, -0.05) is 18.2 Å². The highest BCUT2D eigenvalue weighted by atomic mass is 32.1. The van der Waals surface area contributed by atoms with Gasteiger partial charge in [-0.25, -0.2) is 4.98 Å². The van der Waals surface area contributed by atoms with Crippen molar-refractivity contribution in [3.8, 4) is 0 Å². The largest absolute Gasteiger partial charge is 0.368 e. The highest BCUT2D eigenvalue weighted by Crippen LogP contribution is 2.31. The van der Waals surface area contributed by atoms with Gasteiger partial charge >= 0.3 is 0 Å².